The smallest absolute Gasteiger partial charge is 0.137 e. The van der Waals surface area contributed by atoms with Crippen LogP contribution in [0.2, 0.25) is 0 Å². The van der Waals surface area contributed by atoms with Crippen LogP contribution in [0.25, 0.3) is 0 Å². The van der Waals surface area contributed by atoms with Crippen LogP contribution in [0, 0.1) is 6.92 Å². The van der Waals surface area contributed by atoms with E-state index in [9.17, 15) is 0 Å². The minimum atomic E-state index is 0.0983. The summed E-state index contributed by atoms with van der Waals surface area (Å²) >= 11 is 3.50. The van der Waals surface area contributed by atoms with Gasteiger partial charge < -0.3 is 4.74 Å². The zero-order chi connectivity index (χ0) is 8.55. The van der Waals surface area contributed by atoms with E-state index in [1.165, 1.54) is 16.7 Å². The molecule has 1 unspecified atom stereocenters. The van der Waals surface area contributed by atoms with E-state index in [0.29, 0.717) is 0 Å². The third-order valence-electron chi connectivity index (χ3n) is 2.18. The second kappa shape index (κ2) is 3.19. The average molecular weight is 227 g/mol. The summed E-state index contributed by atoms with van der Waals surface area (Å²) in [6.45, 7) is 2.93. The standard InChI is InChI=1S/C10H11BrO/c1-7-2-3-8-4-5-12-10(11)9(8)6-7/h2-3,6,10H,4-5H2,1H3. The lowest BCUT2D eigenvalue weighted by atomic mass is 10.0. The van der Waals surface area contributed by atoms with E-state index in [0.717, 1.165) is 13.0 Å². The van der Waals surface area contributed by atoms with Gasteiger partial charge in [-0.2, -0.15) is 0 Å². The van der Waals surface area contributed by atoms with Gasteiger partial charge >= 0.3 is 0 Å². The molecule has 1 atom stereocenters. The van der Waals surface area contributed by atoms with Crippen LogP contribution in [0.1, 0.15) is 21.7 Å². The molecule has 1 aliphatic rings. The minimum absolute atomic E-state index is 0.0983. The van der Waals surface area contributed by atoms with Gasteiger partial charge in [-0.15, -0.1) is 0 Å². The predicted molar refractivity (Wildman–Crippen MR) is 52.5 cm³/mol. The first-order valence-corrected chi connectivity index (χ1v) is 5.04. The zero-order valence-electron chi connectivity index (χ0n) is 7.01. The molecule has 1 aromatic rings. The van der Waals surface area contributed by atoms with Gasteiger partial charge in [-0.05, 0) is 24.5 Å². The van der Waals surface area contributed by atoms with E-state index in [1.54, 1.807) is 0 Å². The largest absolute Gasteiger partial charge is 0.362 e. The summed E-state index contributed by atoms with van der Waals surface area (Å²) in [5, 5.41) is 0.0983. The first-order chi connectivity index (χ1) is 5.77. The van der Waals surface area contributed by atoms with Crippen LogP contribution in [0.3, 0.4) is 0 Å². The molecule has 0 bridgehead atoms. The van der Waals surface area contributed by atoms with Gasteiger partial charge in [-0.3, -0.25) is 0 Å². The van der Waals surface area contributed by atoms with Crippen LogP contribution < -0.4 is 0 Å². The molecule has 0 aromatic heterocycles. The number of hydrogen-bond donors (Lipinski definition) is 0. The van der Waals surface area contributed by atoms with Crippen LogP contribution >= 0.6 is 15.9 Å². The molecule has 12 heavy (non-hydrogen) atoms. The van der Waals surface area contributed by atoms with Crippen molar-refractivity contribution in [2.24, 2.45) is 0 Å². The Kier molecular flexibility index (Phi) is 2.20. The lowest BCUT2D eigenvalue weighted by Gasteiger charge is -2.21. The summed E-state index contributed by atoms with van der Waals surface area (Å²) in [6, 6.07) is 6.54. The molecule has 0 saturated carbocycles. The number of halogens is 1. The molecule has 0 fully saturated rings. The van der Waals surface area contributed by atoms with Crippen molar-refractivity contribution in [1.82, 2.24) is 0 Å². The molecule has 0 aliphatic carbocycles. The third-order valence-corrected chi connectivity index (χ3v) is 2.94. The van der Waals surface area contributed by atoms with Crippen molar-refractivity contribution in [2.75, 3.05) is 6.61 Å². The fourth-order valence-electron chi connectivity index (χ4n) is 1.52. The highest BCUT2D eigenvalue weighted by atomic mass is 79.9. The molecule has 2 heteroatoms. The van der Waals surface area contributed by atoms with Gasteiger partial charge in [0.25, 0.3) is 0 Å². The predicted octanol–water partition coefficient (Wildman–Crippen LogP) is 2.96. The van der Waals surface area contributed by atoms with Crippen molar-refractivity contribution >= 4 is 15.9 Å². The Bertz CT molecular complexity index is 296. The van der Waals surface area contributed by atoms with Gasteiger partial charge in [0.15, 0.2) is 0 Å². The molecular weight excluding hydrogens is 216 g/mol. The Morgan fingerprint density at radius 2 is 2.33 bits per heavy atom. The van der Waals surface area contributed by atoms with E-state index in [-0.39, 0.29) is 5.01 Å². The molecule has 0 radical (unpaired) electrons. The third kappa shape index (κ3) is 1.41. The van der Waals surface area contributed by atoms with Crippen molar-refractivity contribution in [3.63, 3.8) is 0 Å². The molecule has 1 aromatic carbocycles. The summed E-state index contributed by atoms with van der Waals surface area (Å²) in [5.41, 5.74) is 4.00. The van der Waals surface area contributed by atoms with Gasteiger partial charge in [0.05, 0.1) is 6.61 Å². The highest BCUT2D eigenvalue weighted by Gasteiger charge is 2.17. The quantitative estimate of drug-likeness (QED) is 0.619. The Morgan fingerprint density at radius 1 is 1.50 bits per heavy atom. The number of ether oxygens (including phenoxy) is 1. The molecule has 0 amide bonds. The lowest BCUT2D eigenvalue weighted by Crippen LogP contribution is -2.11. The minimum Gasteiger partial charge on any atom is -0.362 e. The number of alkyl halides is 1. The van der Waals surface area contributed by atoms with Crippen LogP contribution in [0.5, 0.6) is 0 Å². The first kappa shape index (κ1) is 8.27. The molecular formula is C10H11BrO. The van der Waals surface area contributed by atoms with Crippen molar-refractivity contribution in [3.8, 4) is 0 Å². The Morgan fingerprint density at radius 3 is 3.17 bits per heavy atom. The van der Waals surface area contributed by atoms with E-state index in [2.05, 4.69) is 41.1 Å². The molecule has 0 N–H and O–H groups in total. The number of fused-ring (bicyclic) bond motifs is 1. The maximum absolute atomic E-state index is 5.48. The van der Waals surface area contributed by atoms with E-state index < -0.39 is 0 Å². The Labute approximate surface area is 80.9 Å². The number of benzene rings is 1. The molecule has 0 spiro atoms. The van der Waals surface area contributed by atoms with Crippen LogP contribution in [0.4, 0.5) is 0 Å². The van der Waals surface area contributed by atoms with Crippen molar-refractivity contribution in [1.29, 1.82) is 0 Å². The van der Waals surface area contributed by atoms with Crippen molar-refractivity contribution in [2.45, 2.75) is 18.4 Å². The van der Waals surface area contributed by atoms with E-state index in [4.69, 9.17) is 4.74 Å². The second-order valence-corrected chi connectivity index (χ2v) is 3.97. The summed E-state index contributed by atoms with van der Waals surface area (Å²) in [5.74, 6) is 0. The van der Waals surface area contributed by atoms with Gasteiger partial charge in [-0.1, -0.05) is 39.7 Å². The second-order valence-electron chi connectivity index (χ2n) is 3.14. The lowest BCUT2D eigenvalue weighted by molar-refractivity contribution is 0.107. The van der Waals surface area contributed by atoms with Gasteiger partial charge in [0.1, 0.15) is 5.01 Å². The summed E-state index contributed by atoms with van der Waals surface area (Å²) in [4.78, 5) is 0. The first-order valence-electron chi connectivity index (χ1n) is 4.12. The van der Waals surface area contributed by atoms with Crippen LogP contribution in [0.15, 0.2) is 18.2 Å². The van der Waals surface area contributed by atoms with Crippen LogP contribution in [-0.2, 0) is 11.2 Å². The summed E-state index contributed by atoms with van der Waals surface area (Å²) < 4.78 is 5.48. The number of rotatable bonds is 0. The SMILES string of the molecule is Cc1ccc2c(c1)C(Br)OCC2. The Hall–Kier alpha value is -0.340. The monoisotopic (exact) mass is 226 g/mol. The van der Waals surface area contributed by atoms with E-state index in [1.807, 2.05) is 0 Å². The summed E-state index contributed by atoms with van der Waals surface area (Å²) in [6.07, 6.45) is 1.04. The average Bonchev–Trinajstić information content (AvgIpc) is 2.07. The normalized spacial score (nSPS) is 22.0. The highest BCUT2D eigenvalue weighted by Crippen LogP contribution is 2.31. The fourth-order valence-corrected chi connectivity index (χ4v) is 2.13. The molecule has 0 saturated heterocycles. The fraction of sp³-hybridized carbons (Fsp3) is 0.400. The number of hydrogen-bond acceptors (Lipinski definition) is 1. The van der Waals surface area contributed by atoms with Gasteiger partial charge in [0, 0.05) is 0 Å². The molecule has 1 nitrogen and oxygen atoms in total. The maximum Gasteiger partial charge on any atom is 0.137 e. The topological polar surface area (TPSA) is 9.23 Å². The van der Waals surface area contributed by atoms with Gasteiger partial charge in [0.2, 0.25) is 0 Å². The number of aryl methyl sites for hydroxylation is 1. The Balaban J connectivity index is 2.47. The molecule has 1 aliphatic heterocycles. The molecule has 2 rings (SSSR count). The highest BCUT2D eigenvalue weighted by molar-refractivity contribution is 9.09. The molecule has 64 valence electrons. The summed E-state index contributed by atoms with van der Waals surface area (Å²) in [7, 11) is 0. The van der Waals surface area contributed by atoms with Gasteiger partial charge in [-0.25, -0.2) is 0 Å². The van der Waals surface area contributed by atoms with Crippen molar-refractivity contribution in [3.05, 3.63) is 34.9 Å². The maximum atomic E-state index is 5.48. The zero-order valence-corrected chi connectivity index (χ0v) is 8.60. The van der Waals surface area contributed by atoms with Crippen LogP contribution in [-0.4, -0.2) is 6.61 Å². The molecule has 1 heterocycles. The van der Waals surface area contributed by atoms with Crippen molar-refractivity contribution < 1.29 is 4.74 Å². The van der Waals surface area contributed by atoms with E-state index >= 15 is 0 Å².